The average molecular weight is 446 g/mol. The number of aromatic nitrogens is 2. The molecule has 0 radical (unpaired) electrons. The zero-order valence-corrected chi connectivity index (χ0v) is 17.6. The summed E-state index contributed by atoms with van der Waals surface area (Å²) in [7, 11) is -3.34. The van der Waals surface area contributed by atoms with E-state index in [0.717, 1.165) is 0 Å². The monoisotopic (exact) mass is 445 g/mol. The zero-order valence-electron chi connectivity index (χ0n) is 15.2. The van der Waals surface area contributed by atoms with Gasteiger partial charge in [0.15, 0.2) is 0 Å². The molecule has 0 amide bonds. The maximum Gasteiger partial charge on any atom is 0.273 e. The van der Waals surface area contributed by atoms with E-state index in [1.807, 2.05) is 11.8 Å². The van der Waals surface area contributed by atoms with Crippen LogP contribution < -0.4 is 4.90 Å². The van der Waals surface area contributed by atoms with E-state index in [4.69, 9.17) is 11.6 Å². The van der Waals surface area contributed by atoms with Crippen LogP contribution in [0, 0.1) is 10.1 Å². The van der Waals surface area contributed by atoms with Crippen LogP contribution in [0.15, 0.2) is 24.3 Å². The number of rotatable bonds is 7. The van der Waals surface area contributed by atoms with Gasteiger partial charge in [0.25, 0.3) is 5.69 Å². The number of nitro benzene ring substituents is 1. The van der Waals surface area contributed by atoms with Gasteiger partial charge in [-0.25, -0.2) is 13.4 Å². The van der Waals surface area contributed by atoms with Crippen LogP contribution in [0.2, 0.25) is 0 Å². The second-order valence-corrected chi connectivity index (χ2v) is 9.66. The summed E-state index contributed by atoms with van der Waals surface area (Å²) in [5.41, 5.74) is 0.604. The number of nitro groups is 1. The van der Waals surface area contributed by atoms with E-state index in [2.05, 4.69) is 9.36 Å². The van der Waals surface area contributed by atoms with E-state index < -0.39 is 14.9 Å². The molecular weight excluding hydrogens is 426 g/mol. The summed E-state index contributed by atoms with van der Waals surface area (Å²) in [6, 6.07) is 6.47. The smallest absolute Gasteiger partial charge is 0.273 e. The molecule has 1 fully saturated rings. The molecule has 1 aromatic carbocycles. The fourth-order valence-electron chi connectivity index (χ4n) is 3.13. The van der Waals surface area contributed by atoms with Crippen molar-refractivity contribution in [3.05, 3.63) is 45.8 Å². The maximum atomic E-state index is 12.2. The Hall–Kier alpha value is -1.82. The second-order valence-electron chi connectivity index (χ2n) is 6.46. The van der Waals surface area contributed by atoms with E-state index in [0.29, 0.717) is 36.2 Å². The summed E-state index contributed by atoms with van der Waals surface area (Å²) < 4.78 is 30.2. The van der Waals surface area contributed by atoms with Crippen molar-refractivity contribution >= 4 is 44.0 Å². The number of benzene rings is 1. The van der Waals surface area contributed by atoms with Gasteiger partial charge < -0.3 is 4.90 Å². The zero-order chi connectivity index (χ0) is 20.3. The van der Waals surface area contributed by atoms with E-state index in [9.17, 15) is 18.5 Å². The molecule has 0 spiro atoms. The van der Waals surface area contributed by atoms with Crippen LogP contribution >= 0.6 is 23.1 Å². The van der Waals surface area contributed by atoms with Crippen molar-refractivity contribution in [1.29, 1.82) is 0 Å². The van der Waals surface area contributed by atoms with Crippen molar-refractivity contribution in [2.75, 3.05) is 36.2 Å². The topological polar surface area (TPSA) is 110 Å². The Kier molecular flexibility index (Phi) is 6.48. The lowest BCUT2D eigenvalue weighted by atomic mass is 10.1. The van der Waals surface area contributed by atoms with E-state index in [1.54, 1.807) is 18.2 Å². The van der Waals surface area contributed by atoms with Gasteiger partial charge in [-0.15, -0.1) is 11.6 Å². The molecule has 0 saturated carbocycles. The number of piperazine rings is 1. The molecule has 0 aliphatic carbocycles. The molecule has 1 unspecified atom stereocenters. The summed E-state index contributed by atoms with van der Waals surface area (Å²) in [6.07, 6.45) is 0.270. The van der Waals surface area contributed by atoms with Gasteiger partial charge in [-0.1, -0.05) is 18.2 Å². The minimum atomic E-state index is -3.34. The molecular formula is C16H20ClN5O4S2. The molecule has 0 bridgehead atoms. The lowest BCUT2D eigenvalue weighted by Gasteiger charge is -2.38. The largest absolute Gasteiger partial charge is 0.342 e. The number of hydrogen-bond donors (Lipinski definition) is 0. The van der Waals surface area contributed by atoms with Gasteiger partial charge in [0.05, 0.1) is 10.7 Å². The first-order chi connectivity index (χ1) is 13.3. The SMILES string of the molecule is CC1CN(S(=O)(=O)CCCl)CCN1c1nc(Cc2ccccc2[N+](=O)[O-])ns1. The molecule has 1 atom stereocenters. The Balaban J connectivity index is 1.71. The standard InChI is InChI=1S/C16H20ClN5O4S2/c1-12-11-20(28(25,26)9-6-17)7-8-21(12)16-18-15(19-27-16)10-13-4-2-3-5-14(13)22(23)24/h2-5,12H,6-11H2,1H3. The second kappa shape index (κ2) is 8.68. The molecule has 0 N–H and O–H groups in total. The van der Waals surface area contributed by atoms with Crippen molar-refractivity contribution in [3.8, 4) is 0 Å². The Morgan fingerprint density at radius 1 is 1.36 bits per heavy atom. The molecule has 12 heteroatoms. The summed E-state index contributed by atoms with van der Waals surface area (Å²) in [5.74, 6) is 0.515. The Labute approximate surface area is 172 Å². The average Bonchev–Trinajstić information content (AvgIpc) is 3.10. The summed E-state index contributed by atoms with van der Waals surface area (Å²) in [4.78, 5) is 17.3. The highest BCUT2D eigenvalue weighted by Gasteiger charge is 2.32. The van der Waals surface area contributed by atoms with E-state index >= 15 is 0 Å². The molecule has 2 heterocycles. The van der Waals surface area contributed by atoms with Gasteiger partial charge in [0.1, 0.15) is 5.82 Å². The van der Waals surface area contributed by atoms with Crippen molar-refractivity contribution in [3.63, 3.8) is 0 Å². The third-order valence-corrected chi connectivity index (χ3v) is 7.60. The molecule has 1 aliphatic rings. The van der Waals surface area contributed by atoms with Crippen LogP contribution in [0.3, 0.4) is 0 Å². The Morgan fingerprint density at radius 2 is 2.11 bits per heavy atom. The summed E-state index contributed by atoms with van der Waals surface area (Å²) in [6.45, 7) is 3.16. The fourth-order valence-corrected chi connectivity index (χ4v) is 5.79. The van der Waals surface area contributed by atoms with Crippen LogP contribution in [0.1, 0.15) is 18.3 Å². The van der Waals surface area contributed by atoms with Crippen molar-refractivity contribution in [2.24, 2.45) is 0 Å². The molecule has 1 saturated heterocycles. The Morgan fingerprint density at radius 3 is 2.79 bits per heavy atom. The number of nitrogens with zero attached hydrogens (tertiary/aromatic N) is 5. The number of sulfonamides is 1. The first kappa shape index (κ1) is 20.9. The van der Waals surface area contributed by atoms with Crippen LogP contribution in [0.5, 0.6) is 0 Å². The minimum Gasteiger partial charge on any atom is -0.342 e. The highest BCUT2D eigenvalue weighted by Crippen LogP contribution is 2.26. The van der Waals surface area contributed by atoms with Crippen molar-refractivity contribution < 1.29 is 13.3 Å². The number of alkyl halides is 1. The Bertz CT molecular complexity index is 952. The highest BCUT2D eigenvalue weighted by molar-refractivity contribution is 7.89. The molecule has 9 nitrogen and oxygen atoms in total. The van der Waals surface area contributed by atoms with Gasteiger partial charge in [-0.3, -0.25) is 10.1 Å². The molecule has 152 valence electrons. The number of halogens is 1. The van der Waals surface area contributed by atoms with Gasteiger partial charge in [-0.05, 0) is 6.92 Å². The van der Waals surface area contributed by atoms with Crippen molar-refractivity contribution in [2.45, 2.75) is 19.4 Å². The third kappa shape index (κ3) is 4.59. The van der Waals surface area contributed by atoms with Gasteiger partial charge in [0.2, 0.25) is 15.2 Å². The predicted molar refractivity (Wildman–Crippen MR) is 109 cm³/mol. The summed E-state index contributed by atoms with van der Waals surface area (Å²) in [5, 5.41) is 11.9. The van der Waals surface area contributed by atoms with E-state index in [1.165, 1.54) is 21.9 Å². The normalized spacial score (nSPS) is 18.4. The quantitative estimate of drug-likeness (QED) is 0.364. The molecule has 1 aliphatic heterocycles. The molecule has 1 aromatic heterocycles. The fraction of sp³-hybridized carbons (Fsp3) is 0.500. The first-order valence-corrected chi connectivity index (χ1v) is 11.6. The van der Waals surface area contributed by atoms with Gasteiger partial charge in [0, 0.05) is 61.1 Å². The predicted octanol–water partition coefficient (Wildman–Crippen LogP) is 2.12. The number of anilines is 1. The van der Waals surface area contributed by atoms with Gasteiger partial charge >= 0.3 is 0 Å². The lowest BCUT2D eigenvalue weighted by molar-refractivity contribution is -0.385. The number of para-hydroxylation sites is 1. The maximum absolute atomic E-state index is 12.2. The number of hydrogen-bond acceptors (Lipinski definition) is 8. The van der Waals surface area contributed by atoms with Crippen LogP contribution in [0.4, 0.5) is 10.8 Å². The van der Waals surface area contributed by atoms with Gasteiger partial charge in [-0.2, -0.15) is 8.68 Å². The lowest BCUT2D eigenvalue weighted by Crippen LogP contribution is -2.54. The van der Waals surface area contributed by atoms with E-state index in [-0.39, 0.29) is 29.8 Å². The van der Waals surface area contributed by atoms with Crippen LogP contribution in [-0.4, -0.2) is 64.3 Å². The third-order valence-electron chi connectivity index (χ3n) is 4.56. The molecule has 28 heavy (non-hydrogen) atoms. The first-order valence-electron chi connectivity index (χ1n) is 8.67. The molecule has 3 rings (SSSR count). The minimum absolute atomic E-state index is 0.0466. The van der Waals surface area contributed by atoms with Crippen molar-refractivity contribution in [1.82, 2.24) is 13.7 Å². The highest BCUT2D eigenvalue weighted by atomic mass is 35.5. The van der Waals surface area contributed by atoms with Crippen LogP contribution in [-0.2, 0) is 16.4 Å². The van der Waals surface area contributed by atoms with Crippen LogP contribution in [0.25, 0.3) is 0 Å². The summed E-state index contributed by atoms with van der Waals surface area (Å²) >= 11 is 6.81. The molecule has 2 aromatic rings.